The predicted molar refractivity (Wildman–Crippen MR) is 74.7 cm³/mol. The van der Waals surface area contributed by atoms with E-state index in [0.29, 0.717) is 6.54 Å². The van der Waals surface area contributed by atoms with Crippen LogP contribution in [-0.4, -0.2) is 7.05 Å². The molecule has 0 bridgehead atoms. The minimum Gasteiger partial charge on any atom is -0.388 e. The van der Waals surface area contributed by atoms with Crippen molar-refractivity contribution in [2.75, 3.05) is 17.7 Å². The summed E-state index contributed by atoms with van der Waals surface area (Å²) in [4.78, 5) is 0. The molecule has 0 saturated carbocycles. The molecule has 0 aromatic heterocycles. The lowest BCUT2D eigenvalue weighted by molar-refractivity contribution is 0.628. The second-order valence-corrected chi connectivity index (χ2v) is 4.34. The normalized spacial score (nSPS) is 10.2. The Bertz CT molecular complexity index is 543. The molecule has 0 saturated heterocycles. The third-order valence-electron chi connectivity index (χ3n) is 2.63. The summed E-state index contributed by atoms with van der Waals surface area (Å²) in [6.45, 7) is 0.664. The van der Waals surface area contributed by atoms with Gasteiger partial charge in [0.25, 0.3) is 0 Å². The molecule has 0 aliphatic rings. The number of anilines is 2. The number of hydrogen-bond acceptors (Lipinski definition) is 2. The highest BCUT2D eigenvalue weighted by molar-refractivity contribution is 6.31. The van der Waals surface area contributed by atoms with E-state index >= 15 is 0 Å². The number of hydrogen-bond donors (Lipinski definition) is 2. The van der Waals surface area contributed by atoms with Gasteiger partial charge in [-0.25, -0.2) is 4.39 Å². The Morgan fingerprint density at radius 1 is 1.11 bits per heavy atom. The van der Waals surface area contributed by atoms with Crippen LogP contribution in [0.5, 0.6) is 0 Å². The van der Waals surface area contributed by atoms with Gasteiger partial charge in [0.1, 0.15) is 5.82 Å². The first kappa shape index (κ1) is 12.7. The zero-order valence-electron chi connectivity index (χ0n) is 10.0. The molecule has 0 aliphatic carbocycles. The highest BCUT2D eigenvalue weighted by Gasteiger charge is 2.01. The van der Waals surface area contributed by atoms with E-state index in [1.54, 1.807) is 12.1 Å². The average molecular weight is 265 g/mol. The van der Waals surface area contributed by atoms with Gasteiger partial charge in [0, 0.05) is 25.0 Å². The fourth-order valence-corrected chi connectivity index (χ4v) is 1.83. The molecule has 0 atom stereocenters. The SMILES string of the molecule is CNc1cccc(CNc2ccc(F)c(Cl)c2)c1. The van der Waals surface area contributed by atoms with E-state index in [0.717, 1.165) is 16.9 Å². The Morgan fingerprint density at radius 3 is 2.67 bits per heavy atom. The largest absolute Gasteiger partial charge is 0.388 e. The molecule has 0 fully saturated rings. The van der Waals surface area contributed by atoms with Gasteiger partial charge in [-0.2, -0.15) is 0 Å². The molecule has 2 aromatic rings. The second-order valence-electron chi connectivity index (χ2n) is 3.93. The summed E-state index contributed by atoms with van der Waals surface area (Å²) < 4.78 is 13.0. The molecule has 0 amide bonds. The molecule has 18 heavy (non-hydrogen) atoms. The second kappa shape index (κ2) is 5.74. The van der Waals surface area contributed by atoms with Gasteiger partial charge in [-0.15, -0.1) is 0 Å². The van der Waals surface area contributed by atoms with Crippen molar-refractivity contribution < 1.29 is 4.39 Å². The first-order valence-corrected chi connectivity index (χ1v) is 6.02. The maximum atomic E-state index is 13.0. The Morgan fingerprint density at radius 2 is 1.94 bits per heavy atom. The van der Waals surface area contributed by atoms with Crippen LogP contribution in [0.4, 0.5) is 15.8 Å². The van der Waals surface area contributed by atoms with Gasteiger partial charge < -0.3 is 10.6 Å². The first-order chi connectivity index (χ1) is 8.69. The summed E-state index contributed by atoms with van der Waals surface area (Å²) in [6.07, 6.45) is 0. The monoisotopic (exact) mass is 264 g/mol. The van der Waals surface area contributed by atoms with Crippen molar-refractivity contribution in [1.82, 2.24) is 0 Å². The van der Waals surface area contributed by atoms with Gasteiger partial charge in [0.05, 0.1) is 5.02 Å². The van der Waals surface area contributed by atoms with Gasteiger partial charge in [0.15, 0.2) is 0 Å². The van der Waals surface area contributed by atoms with Gasteiger partial charge in [-0.05, 0) is 35.9 Å². The van der Waals surface area contributed by atoms with Crippen molar-refractivity contribution in [2.45, 2.75) is 6.54 Å². The van der Waals surface area contributed by atoms with E-state index in [2.05, 4.69) is 16.7 Å². The van der Waals surface area contributed by atoms with Gasteiger partial charge in [0.2, 0.25) is 0 Å². The molecule has 4 heteroatoms. The van der Waals surface area contributed by atoms with Crippen LogP contribution in [0, 0.1) is 5.82 Å². The minimum absolute atomic E-state index is 0.129. The van der Waals surface area contributed by atoms with Crippen LogP contribution in [0.2, 0.25) is 5.02 Å². The number of benzene rings is 2. The van der Waals surface area contributed by atoms with Gasteiger partial charge in [-0.3, -0.25) is 0 Å². The highest BCUT2D eigenvalue weighted by atomic mass is 35.5. The van der Waals surface area contributed by atoms with Crippen molar-refractivity contribution in [3.63, 3.8) is 0 Å². The number of halogens is 2. The molecule has 2 aromatic carbocycles. The molecule has 0 spiro atoms. The van der Waals surface area contributed by atoms with Crippen LogP contribution in [0.3, 0.4) is 0 Å². The lowest BCUT2D eigenvalue weighted by Crippen LogP contribution is -2.00. The number of nitrogens with one attached hydrogen (secondary N) is 2. The van der Waals surface area contributed by atoms with Crippen LogP contribution in [0.15, 0.2) is 42.5 Å². The van der Waals surface area contributed by atoms with Gasteiger partial charge in [-0.1, -0.05) is 23.7 Å². The standard InChI is InChI=1S/C14H14ClFN2/c1-17-11-4-2-3-10(7-11)9-18-12-5-6-14(16)13(15)8-12/h2-8,17-18H,9H2,1H3. The Balaban J connectivity index is 2.04. The van der Waals surface area contributed by atoms with Crippen molar-refractivity contribution >= 4 is 23.0 Å². The van der Waals surface area contributed by atoms with Crippen molar-refractivity contribution in [1.29, 1.82) is 0 Å². The summed E-state index contributed by atoms with van der Waals surface area (Å²) >= 11 is 5.72. The van der Waals surface area contributed by atoms with Crippen molar-refractivity contribution in [2.24, 2.45) is 0 Å². The molecular weight excluding hydrogens is 251 g/mol. The molecular formula is C14H14ClFN2. The average Bonchev–Trinajstić information content (AvgIpc) is 2.40. The number of rotatable bonds is 4. The minimum atomic E-state index is -0.403. The molecule has 0 heterocycles. The van der Waals surface area contributed by atoms with E-state index in [9.17, 15) is 4.39 Å². The summed E-state index contributed by atoms with van der Waals surface area (Å²) in [5.41, 5.74) is 3.00. The first-order valence-electron chi connectivity index (χ1n) is 5.64. The zero-order valence-corrected chi connectivity index (χ0v) is 10.8. The van der Waals surface area contributed by atoms with E-state index in [4.69, 9.17) is 11.6 Å². The highest BCUT2D eigenvalue weighted by Crippen LogP contribution is 2.20. The van der Waals surface area contributed by atoms with E-state index in [-0.39, 0.29) is 5.02 Å². The molecule has 0 aliphatic heterocycles. The third kappa shape index (κ3) is 3.14. The fraction of sp³-hybridized carbons (Fsp3) is 0.143. The molecule has 0 unspecified atom stereocenters. The lowest BCUT2D eigenvalue weighted by Gasteiger charge is -2.08. The third-order valence-corrected chi connectivity index (χ3v) is 2.92. The molecule has 94 valence electrons. The van der Waals surface area contributed by atoms with E-state index in [1.165, 1.54) is 6.07 Å². The van der Waals surface area contributed by atoms with Crippen LogP contribution in [0.1, 0.15) is 5.56 Å². The maximum absolute atomic E-state index is 13.0. The fourth-order valence-electron chi connectivity index (χ4n) is 1.65. The quantitative estimate of drug-likeness (QED) is 0.868. The molecule has 0 radical (unpaired) electrons. The molecule has 2 N–H and O–H groups in total. The smallest absolute Gasteiger partial charge is 0.141 e. The molecule has 2 nitrogen and oxygen atoms in total. The summed E-state index contributed by atoms with van der Waals surface area (Å²) in [7, 11) is 1.88. The van der Waals surface area contributed by atoms with Crippen molar-refractivity contribution in [3.05, 3.63) is 58.9 Å². The Hall–Kier alpha value is -1.74. The topological polar surface area (TPSA) is 24.1 Å². The zero-order chi connectivity index (χ0) is 13.0. The lowest BCUT2D eigenvalue weighted by atomic mass is 10.2. The Kier molecular flexibility index (Phi) is 4.05. The van der Waals surface area contributed by atoms with E-state index in [1.807, 2.05) is 25.2 Å². The van der Waals surface area contributed by atoms with Crippen LogP contribution in [0.25, 0.3) is 0 Å². The summed E-state index contributed by atoms with van der Waals surface area (Å²) in [6, 6.07) is 12.7. The van der Waals surface area contributed by atoms with Crippen LogP contribution >= 0.6 is 11.6 Å². The summed E-state index contributed by atoms with van der Waals surface area (Å²) in [5.74, 6) is -0.403. The maximum Gasteiger partial charge on any atom is 0.141 e. The predicted octanol–water partition coefficient (Wildman–Crippen LogP) is 4.13. The van der Waals surface area contributed by atoms with Gasteiger partial charge >= 0.3 is 0 Å². The Labute approximate surface area is 111 Å². The summed E-state index contributed by atoms with van der Waals surface area (Å²) in [5, 5.41) is 6.41. The van der Waals surface area contributed by atoms with Crippen LogP contribution < -0.4 is 10.6 Å². The van der Waals surface area contributed by atoms with Crippen LogP contribution in [-0.2, 0) is 6.54 Å². The van der Waals surface area contributed by atoms with E-state index < -0.39 is 5.82 Å². The molecule has 2 rings (SSSR count). The van der Waals surface area contributed by atoms with Crippen molar-refractivity contribution in [3.8, 4) is 0 Å².